The van der Waals surface area contributed by atoms with Gasteiger partial charge in [-0.1, -0.05) is 31.2 Å². The lowest BCUT2D eigenvalue weighted by Gasteiger charge is -2.31. The van der Waals surface area contributed by atoms with Gasteiger partial charge in [0.2, 0.25) is 0 Å². The van der Waals surface area contributed by atoms with Crippen LogP contribution in [0.4, 0.5) is 0 Å². The van der Waals surface area contributed by atoms with Gasteiger partial charge in [0.05, 0.1) is 0 Å². The lowest BCUT2D eigenvalue weighted by atomic mass is 9.99. The molecule has 0 amide bonds. The van der Waals surface area contributed by atoms with E-state index in [0.717, 1.165) is 43.0 Å². The normalized spacial score (nSPS) is 21.9. The largest absolute Gasteiger partial charge is 0.299 e. The third kappa shape index (κ3) is 2.70. The molecule has 1 atom stereocenters. The Morgan fingerprint density at radius 2 is 2.25 bits per heavy atom. The van der Waals surface area contributed by atoms with E-state index in [1.807, 2.05) is 18.2 Å². The molecule has 0 aromatic heterocycles. The van der Waals surface area contributed by atoms with Crippen molar-refractivity contribution in [1.82, 2.24) is 4.90 Å². The number of piperidine rings is 1. The molecule has 0 saturated carbocycles. The summed E-state index contributed by atoms with van der Waals surface area (Å²) in [4.78, 5) is 13.4. The maximum absolute atomic E-state index is 10.9. The van der Waals surface area contributed by atoms with Gasteiger partial charge in [-0.25, -0.2) is 0 Å². The van der Waals surface area contributed by atoms with Crippen molar-refractivity contribution < 1.29 is 4.79 Å². The second-order valence-electron chi connectivity index (χ2n) is 4.80. The standard InChI is InChI=1S/C14H19NO/c1-12-5-4-8-15(9-12)10-13-6-2-3-7-14(13)11-16/h2-3,6-7,11-12H,4-5,8-10H2,1H3. The van der Waals surface area contributed by atoms with E-state index in [1.165, 1.54) is 12.8 Å². The highest BCUT2D eigenvalue weighted by Crippen LogP contribution is 2.18. The molecule has 1 aromatic carbocycles. The highest BCUT2D eigenvalue weighted by Gasteiger charge is 2.16. The summed E-state index contributed by atoms with van der Waals surface area (Å²) in [5, 5.41) is 0. The molecule has 16 heavy (non-hydrogen) atoms. The Kier molecular flexibility index (Phi) is 3.73. The fraction of sp³-hybridized carbons (Fsp3) is 0.500. The predicted molar refractivity (Wildman–Crippen MR) is 65.5 cm³/mol. The van der Waals surface area contributed by atoms with Gasteiger partial charge >= 0.3 is 0 Å². The minimum absolute atomic E-state index is 0.789. The van der Waals surface area contributed by atoms with Crippen molar-refractivity contribution in [1.29, 1.82) is 0 Å². The van der Waals surface area contributed by atoms with Gasteiger partial charge in [-0.3, -0.25) is 9.69 Å². The van der Waals surface area contributed by atoms with Crippen LogP contribution >= 0.6 is 0 Å². The molecule has 1 unspecified atom stereocenters. The van der Waals surface area contributed by atoms with Crippen molar-refractivity contribution in [3.8, 4) is 0 Å². The lowest BCUT2D eigenvalue weighted by molar-refractivity contribution is 0.112. The van der Waals surface area contributed by atoms with Crippen LogP contribution < -0.4 is 0 Å². The molecule has 1 aliphatic heterocycles. The summed E-state index contributed by atoms with van der Waals surface area (Å²) in [7, 11) is 0. The van der Waals surface area contributed by atoms with Crippen LogP contribution in [0.15, 0.2) is 24.3 Å². The summed E-state index contributed by atoms with van der Waals surface area (Å²) in [6.45, 7) is 5.54. The van der Waals surface area contributed by atoms with E-state index >= 15 is 0 Å². The molecule has 0 N–H and O–H groups in total. The Hall–Kier alpha value is -1.15. The summed E-state index contributed by atoms with van der Waals surface area (Å²) in [6.07, 6.45) is 3.58. The monoisotopic (exact) mass is 217 g/mol. The Labute approximate surface area is 97.3 Å². The summed E-state index contributed by atoms with van der Waals surface area (Å²) in [6, 6.07) is 7.89. The molecule has 0 spiro atoms. The quantitative estimate of drug-likeness (QED) is 0.726. The number of benzene rings is 1. The van der Waals surface area contributed by atoms with Crippen molar-refractivity contribution >= 4 is 6.29 Å². The maximum Gasteiger partial charge on any atom is 0.150 e. The molecule has 0 bridgehead atoms. The summed E-state index contributed by atoms with van der Waals surface area (Å²) in [5.41, 5.74) is 1.99. The Morgan fingerprint density at radius 1 is 1.44 bits per heavy atom. The minimum atomic E-state index is 0.789. The zero-order valence-electron chi connectivity index (χ0n) is 9.86. The number of hydrogen-bond donors (Lipinski definition) is 0. The fourth-order valence-electron chi connectivity index (χ4n) is 2.46. The lowest BCUT2D eigenvalue weighted by Crippen LogP contribution is -2.33. The maximum atomic E-state index is 10.9. The SMILES string of the molecule is CC1CCCN(Cc2ccccc2C=O)C1. The molecule has 1 saturated heterocycles. The third-order valence-corrected chi connectivity index (χ3v) is 3.32. The van der Waals surface area contributed by atoms with Crippen molar-refractivity contribution in [2.24, 2.45) is 5.92 Å². The van der Waals surface area contributed by atoms with Crippen LogP contribution in [-0.4, -0.2) is 24.3 Å². The Bertz CT molecular complexity index is 362. The second kappa shape index (κ2) is 5.26. The van der Waals surface area contributed by atoms with E-state index < -0.39 is 0 Å². The van der Waals surface area contributed by atoms with E-state index in [-0.39, 0.29) is 0 Å². The van der Waals surface area contributed by atoms with Gasteiger partial charge < -0.3 is 0 Å². The molecule has 1 heterocycles. The van der Waals surface area contributed by atoms with Gasteiger partial charge in [0.25, 0.3) is 0 Å². The van der Waals surface area contributed by atoms with Crippen molar-refractivity contribution in [2.45, 2.75) is 26.3 Å². The van der Waals surface area contributed by atoms with Gasteiger partial charge in [0.1, 0.15) is 6.29 Å². The Balaban J connectivity index is 2.05. The number of nitrogens with zero attached hydrogens (tertiary/aromatic N) is 1. The molecular weight excluding hydrogens is 198 g/mol. The first-order valence-electron chi connectivity index (χ1n) is 6.05. The Morgan fingerprint density at radius 3 is 3.00 bits per heavy atom. The van der Waals surface area contributed by atoms with Gasteiger partial charge in [0, 0.05) is 18.7 Å². The topological polar surface area (TPSA) is 20.3 Å². The summed E-state index contributed by atoms with van der Waals surface area (Å²) < 4.78 is 0. The average molecular weight is 217 g/mol. The molecule has 2 rings (SSSR count). The van der Waals surface area contributed by atoms with Crippen molar-refractivity contribution in [3.05, 3.63) is 35.4 Å². The van der Waals surface area contributed by atoms with Crippen LogP contribution in [0.1, 0.15) is 35.7 Å². The fourth-order valence-corrected chi connectivity index (χ4v) is 2.46. The van der Waals surface area contributed by atoms with E-state index in [0.29, 0.717) is 0 Å². The van der Waals surface area contributed by atoms with Crippen molar-refractivity contribution in [2.75, 3.05) is 13.1 Å². The van der Waals surface area contributed by atoms with Crippen LogP contribution in [0.5, 0.6) is 0 Å². The first-order valence-corrected chi connectivity index (χ1v) is 6.05. The van der Waals surface area contributed by atoms with Crippen LogP contribution in [0.3, 0.4) is 0 Å². The van der Waals surface area contributed by atoms with E-state index in [2.05, 4.69) is 17.9 Å². The first-order chi connectivity index (χ1) is 7.79. The summed E-state index contributed by atoms with van der Waals surface area (Å²) >= 11 is 0. The van der Waals surface area contributed by atoms with Gasteiger partial charge in [-0.2, -0.15) is 0 Å². The van der Waals surface area contributed by atoms with Gasteiger partial charge in [-0.05, 0) is 30.9 Å². The van der Waals surface area contributed by atoms with E-state index in [9.17, 15) is 4.79 Å². The molecular formula is C14H19NO. The average Bonchev–Trinajstić information content (AvgIpc) is 2.30. The molecule has 0 radical (unpaired) electrons. The van der Waals surface area contributed by atoms with Crippen LogP contribution in [-0.2, 0) is 6.54 Å². The first kappa shape index (κ1) is 11.3. The van der Waals surface area contributed by atoms with Crippen molar-refractivity contribution in [3.63, 3.8) is 0 Å². The van der Waals surface area contributed by atoms with E-state index in [4.69, 9.17) is 0 Å². The number of aldehydes is 1. The van der Waals surface area contributed by atoms with Gasteiger partial charge in [-0.15, -0.1) is 0 Å². The van der Waals surface area contributed by atoms with E-state index in [1.54, 1.807) is 0 Å². The second-order valence-corrected chi connectivity index (χ2v) is 4.80. The summed E-state index contributed by atoms with van der Waals surface area (Å²) in [5.74, 6) is 0.789. The third-order valence-electron chi connectivity index (χ3n) is 3.32. The van der Waals surface area contributed by atoms with Crippen LogP contribution in [0.25, 0.3) is 0 Å². The number of likely N-dealkylation sites (tertiary alicyclic amines) is 1. The molecule has 86 valence electrons. The molecule has 2 nitrogen and oxygen atoms in total. The molecule has 2 heteroatoms. The molecule has 1 fully saturated rings. The minimum Gasteiger partial charge on any atom is -0.299 e. The molecule has 0 aliphatic carbocycles. The number of rotatable bonds is 3. The smallest absolute Gasteiger partial charge is 0.150 e. The zero-order chi connectivity index (χ0) is 11.4. The highest BCUT2D eigenvalue weighted by molar-refractivity contribution is 5.77. The number of carbonyl (C=O) groups is 1. The number of hydrogen-bond acceptors (Lipinski definition) is 2. The zero-order valence-corrected chi connectivity index (χ0v) is 9.86. The highest BCUT2D eigenvalue weighted by atomic mass is 16.1. The number of carbonyl (C=O) groups excluding carboxylic acids is 1. The molecule has 1 aromatic rings. The predicted octanol–water partition coefficient (Wildman–Crippen LogP) is 2.73. The molecule has 1 aliphatic rings. The van der Waals surface area contributed by atoms with Crippen LogP contribution in [0, 0.1) is 5.92 Å². The van der Waals surface area contributed by atoms with Gasteiger partial charge in [0.15, 0.2) is 0 Å². The van der Waals surface area contributed by atoms with Crippen LogP contribution in [0.2, 0.25) is 0 Å².